The van der Waals surface area contributed by atoms with E-state index in [-0.39, 0.29) is 5.41 Å². The number of anilines is 2. The number of hydrogen-bond acceptors (Lipinski definition) is 1. The summed E-state index contributed by atoms with van der Waals surface area (Å²) in [6.45, 7) is 4.65. The Bertz CT molecular complexity index is 2370. The molecule has 0 fully saturated rings. The Hall–Kier alpha value is -5.86. The Morgan fingerprint density at radius 1 is 0.447 bits per heavy atom. The fraction of sp³-hybridized carbons (Fsp3) is 0.0667. The second-order valence-corrected chi connectivity index (χ2v) is 13.1. The van der Waals surface area contributed by atoms with E-state index in [4.69, 9.17) is 0 Å². The van der Waals surface area contributed by atoms with Gasteiger partial charge in [0.1, 0.15) is 0 Å². The quantitative estimate of drug-likeness (QED) is 0.207. The number of hydrogen-bond donors (Lipinski definition) is 1. The summed E-state index contributed by atoms with van der Waals surface area (Å²) in [7, 11) is 0. The molecule has 224 valence electrons. The van der Waals surface area contributed by atoms with Gasteiger partial charge in [-0.05, 0) is 81.4 Å². The lowest BCUT2D eigenvalue weighted by atomic mass is 9.82. The predicted molar refractivity (Wildman–Crippen MR) is 199 cm³/mol. The molecule has 0 radical (unpaired) electrons. The molecular formula is C45H34N2. The van der Waals surface area contributed by atoms with Crippen LogP contribution >= 0.6 is 0 Å². The van der Waals surface area contributed by atoms with Crippen LogP contribution in [0.1, 0.15) is 25.0 Å². The average molecular weight is 603 g/mol. The van der Waals surface area contributed by atoms with Crippen molar-refractivity contribution in [1.29, 1.82) is 0 Å². The summed E-state index contributed by atoms with van der Waals surface area (Å²) in [6.07, 6.45) is 0. The van der Waals surface area contributed by atoms with Crippen molar-refractivity contribution in [1.82, 2.24) is 4.57 Å². The molecule has 0 amide bonds. The van der Waals surface area contributed by atoms with E-state index in [1.165, 1.54) is 72.0 Å². The lowest BCUT2D eigenvalue weighted by Gasteiger charge is -2.21. The van der Waals surface area contributed by atoms with E-state index in [9.17, 15) is 0 Å². The molecule has 0 saturated heterocycles. The zero-order valence-electron chi connectivity index (χ0n) is 26.5. The molecule has 1 heterocycles. The van der Waals surface area contributed by atoms with Crippen molar-refractivity contribution in [3.05, 3.63) is 175 Å². The van der Waals surface area contributed by atoms with E-state index in [0.29, 0.717) is 0 Å². The average Bonchev–Trinajstić information content (AvgIpc) is 3.58. The highest BCUT2D eigenvalue weighted by molar-refractivity contribution is 6.09. The molecule has 1 aliphatic rings. The first kappa shape index (κ1) is 27.5. The van der Waals surface area contributed by atoms with Gasteiger partial charge in [0.05, 0.1) is 11.0 Å². The number of para-hydroxylation sites is 2. The molecule has 1 aliphatic carbocycles. The first-order valence-corrected chi connectivity index (χ1v) is 16.4. The summed E-state index contributed by atoms with van der Waals surface area (Å²) >= 11 is 0. The smallest absolute Gasteiger partial charge is 0.0541 e. The third-order valence-corrected chi connectivity index (χ3v) is 10.0. The van der Waals surface area contributed by atoms with Crippen molar-refractivity contribution in [2.45, 2.75) is 19.3 Å². The largest absolute Gasteiger partial charge is 0.355 e. The zero-order valence-corrected chi connectivity index (χ0v) is 26.5. The van der Waals surface area contributed by atoms with Gasteiger partial charge in [-0.3, -0.25) is 0 Å². The van der Waals surface area contributed by atoms with Crippen molar-refractivity contribution < 1.29 is 0 Å². The van der Waals surface area contributed by atoms with Gasteiger partial charge in [0.25, 0.3) is 0 Å². The van der Waals surface area contributed by atoms with Crippen LogP contribution in [0, 0.1) is 0 Å². The molecule has 9 rings (SSSR count). The van der Waals surface area contributed by atoms with E-state index in [1.54, 1.807) is 0 Å². The van der Waals surface area contributed by atoms with Crippen LogP contribution < -0.4 is 5.32 Å². The maximum absolute atomic E-state index is 3.72. The van der Waals surface area contributed by atoms with Gasteiger partial charge in [-0.1, -0.05) is 135 Å². The Kier molecular flexibility index (Phi) is 6.20. The van der Waals surface area contributed by atoms with Gasteiger partial charge < -0.3 is 9.88 Å². The summed E-state index contributed by atoms with van der Waals surface area (Å²) in [5.41, 5.74) is 16.1. The highest BCUT2D eigenvalue weighted by Crippen LogP contribution is 2.51. The normalized spacial score (nSPS) is 13.1. The van der Waals surface area contributed by atoms with E-state index in [1.807, 2.05) is 0 Å². The van der Waals surface area contributed by atoms with E-state index in [0.717, 1.165) is 11.4 Å². The Labute approximate surface area is 275 Å². The predicted octanol–water partition coefficient (Wildman–Crippen LogP) is 12.2. The lowest BCUT2D eigenvalue weighted by Crippen LogP contribution is -2.14. The minimum absolute atomic E-state index is 0.00592. The minimum atomic E-state index is -0.00592. The Morgan fingerprint density at radius 2 is 0.936 bits per heavy atom. The van der Waals surface area contributed by atoms with Gasteiger partial charge in [-0.25, -0.2) is 0 Å². The molecule has 0 saturated carbocycles. The van der Waals surface area contributed by atoms with Crippen molar-refractivity contribution in [2.75, 3.05) is 5.32 Å². The topological polar surface area (TPSA) is 17.0 Å². The molecule has 0 spiro atoms. The third kappa shape index (κ3) is 4.40. The van der Waals surface area contributed by atoms with Crippen LogP contribution in [0.5, 0.6) is 0 Å². The molecular weight excluding hydrogens is 569 g/mol. The van der Waals surface area contributed by atoms with Crippen LogP contribution in [0.4, 0.5) is 11.4 Å². The molecule has 2 heteroatoms. The summed E-state index contributed by atoms with van der Waals surface area (Å²) in [5.74, 6) is 0. The summed E-state index contributed by atoms with van der Waals surface area (Å²) in [6, 6.07) is 59.3. The maximum atomic E-state index is 3.72. The van der Waals surface area contributed by atoms with Crippen molar-refractivity contribution in [3.8, 4) is 39.1 Å². The summed E-state index contributed by atoms with van der Waals surface area (Å²) in [5, 5.41) is 6.29. The summed E-state index contributed by atoms with van der Waals surface area (Å²) < 4.78 is 2.36. The number of aromatic nitrogens is 1. The second-order valence-electron chi connectivity index (χ2n) is 13.1. The fourth-order valence-electron chi connectivity index (χ4n) is 7.62. The van der Waals surface area contributed by atoms with Gasteiger partial charge in [0.2, 0.25) is 0 Å². The van der Waals surface area contributed by atoms with Gasteiger partial charge in [-0.15, -0.1) is 0 Å². The highest BCUT2D eigenvalue weighted by Gasteiger charge is 2.36. The van der Waals surface area contributed by atoms with Crippen LogP contribution in [-0.4, -0.2) is 4.57 Å². The Balaban J connectivity index is 0.958. The summed E-state index contributed by atoms with van der Waals surface area (Å²) in [4.78, 5) is 0. The molecule has 1 N–H and O–H groups in total. The van der Waals surface area contributed by atoms with Crippen molar-refractivity contribution in [2.24, 2.45) is 0 Å². The number of nitrogens with zero attached hydrogens (tertiary/aromatic N) is 1. The van der Waals surface area contributed by atoms with Crippen LogP contribution in [0.25, 0.3) is 60.9 Å². The van der Waals surface area contributed by atoms with Crippen molar-refractivity contribution in [3.63, 3.8) is 0 Å². The lowest BCUT2D eigenvalue weighted by molar-refractivity contribution is 0.660. The first-order chi connectivity index (χ1) is 23.1. The van der Waals surface area contributed by atoms with Gasteiger partial charge >= 0.3 is 0 Å². The SMILES string of the molecule is CC1(C)c2ccccc2-c2c(Nc3ccc(-c4ccc(-c5ccc(-n6c7ccccc7c7ccccc76)cc5)cc4)cc3)cccc21. The maximum Gasteiger partial charge on any atom is 0.0541 e. The van der Waals surface area contributed by atoms with Crippen LogP contribution in [0.2, 0.25) is 0 Å². The Morgan fingerprint density at radius 3 is 1.55 bits per heavy atom. The molecule has 7 aromatic carbocycles. The van der Waals surface area contributed by atoms with Crippen molar-refractivity contribution >= 4 is 33.2 Å². The molecule has 47 heavy (non-hydrogen) atoms. The highest BCUT2D eigenvalue weighted by atomic mass is 15.0. The number of fused-ring (bicyclic) bond motifs is 6. The van der Waals surface area contributed by atoms with Gasteiger partial charge in [0.15, 0.2) is 0 Å². The monoisotopic (exact) mass is 602 g/mol. The molecule has 2 nitrogen and oxygen atoms in total. The van der Waals surface area contributed by atoms with Gasteiger partial charge in [-0.2, -0.15) is 0 Å². The van der Waals surface area contributed by atoms with E-state index >= 15 is 0 Å². The van der Waals surface area contributed by atoms with E-state index in [2.05, 4.69) is 188 Å². The third-order valence-electron chi connectivity index (χ3n) is 10.0. The molecule has 0 bridgehead atoms. The number of rotatable bonds is 5. The molecule has 8 aromatic rings. The molecule has 1 aromatic heterocycles. The number of nitrogens with one attached hydrogen (secondary N) is 1. The van der Waals surface area contributed by atoms with Crippen LogP contribution in [-0.2, 0) is 5.41 Å². The van der Waals surface area contributed by atoms with Crippen LogP contribution in [0.15, 0.2) is 164 Å². The molecule has 0 aliphatic heterocycles. The molecule has 0 unspecified atom stereocenters. The molecule has 0 atom stereocenters. The zero-order chi connectivity index (χ0) is 31.5. The minimum Gasteiger partial charge on any atom is -0.355 e. The van der Waals surface area contributed by atoms with E-state index < -0.39 is 0 Å². The standard InChI is InChI=1S/C45H34N2/c1-45(2)39-13-6-3-12-38(39)44-40(45)14-9-15-41(44)46-34-26-22-32(23-27-34)30-18-20-31(21-19-30)33-24-28-35(29-25-33)47-42-16-7-4-10-36(42)37-11-5-8-17-43(37)47/h3-29,46H,1-2H3. The first-order valence-electron chi connectivity index (χ1n) is 16.4. The fourth-order valence-corrected chi connectivity index (χ4v) is 7.62. The second kappa shape index (κ2) is 10.6. The van der Waals surface area contributed by atoms with Gasteiger partial charge in [0, 0.05) is 38.8 Å². The number of benzene rings is 7. The van der Waals surface area contributed by atoms with Crippen LogP contribution in [0.3, 0.4) is 0 Å².